The molecule has 1 aromatic rings. The second-order valence-corrected chi connectivity index (χ2v) is 6.17. The van der Waals surface area contributed by atoms with E-state index in [0.717, 1.165) is 11.8 Å². The van der Waals surface area contributed by atoms with Crippen LogP contribution >= 0.6 is 11.8 Å². The molecule has 0 heterocycles. The largest absolute Gasteiger partial charge is 0.287 e. The first-order valence-electron chi connectivity index (χ1n) is 4.65. The quantitative estimate of drug-likeness (QED) is 0.485. The van der Waals surface area contributed by atoms with Gasteiger partial charge in [0.05, 0.1) is 10.7 Å². The summed E-state index contributed by atoms with van der Waals surface area (Å²) in [5.74, 6) is 0.0258. The molecule has 0 atom stereocenters. The molecule has 0 saturated carbocycles. The van der Waals surface area contributed by atoms with Gasteiger partial charge in [-0.2, -0.15) is 5.26 Å². The topological polar surface area (TPSA) is 127 Å². The molecule has 0 fully saturated rings. The van der Waals surface area contributed by atoms with Crippen molar-refractivity contribution in [3.05, 3.63) is 33.9 Å². The molecule has 7 nitrogen and oxygen atoms in total. The van der Waals surface area contributed by atoms with Crippen molar-refractivity contribution in [3.8, 4) is 6.07 Å². The number of nitrogens with two attached hydrogens (primary N) is 1. The zero-order chi connectivity index (χ0) is 13.8. The van der Waals surface area contributed by atoms with Crippen molar-refractivity contribution in [2.45, 2.75) is 4.90 Å². The number of rotatable bonds is 5. The third-order valence-corrected chi connectivity index (χ3v) is 3.95. The van der Waals surface area contributed by atoms with E-state index < -0.39 is 14.9 Å². The summed E-state index contributed by atoms with van der Waals surface area (Å²) in [5, 5.41) is 24.2. The van der Waals surface area contributed by atoms with Crippen molar-refractivity contribution < 1.29 is 13.3 Å². The summed E-state index contributed by atoms with van der Waals surface area (Å²) < 4.78 is 21.4. The smallest absolute Gasteiger partial charge is 0.258 e. The number of nitrogens with zero attached hydrogens (tertiary/aromatic N) is 2. The maximum Gasteiger partial charge on any atom is 0.287 e. The molecule has 0 saturated heterocycles. The van der Waals surface area contributed by atoms with Crippen LogP contribution in [0, 0.1) is 21.4 Å². The molecule has 0 bridgehead atoms. The molecule has 1 rings (SSSR count). The fourth-order valence-corrected chi connectivity index (χ4v) is 2.99. The van der Waals surface area contributed by atoms with Crippen LogP contribution in [-0.4, -0.2) is 24.8 Å². The highest BCUT2D eigenvalue weighted by Crippen LogP contribution is 2.25. The van der Waals surface area contributed by atoms with Crippen molar-refractivity contribution in [2.24, 2.45) is 5.14 Å². The van der Waals surface area contributed by atoms with Gasteiger partial charge in [0.2, 0.25) is 10.0 Å². The summed E-state index contributed by atoms with van der Waals surface area (Å²) in [7, 11) is -3.53. The Balaban J connectivity index is 2.81. The summed E-state index contributed by atoms with van der Waals surface area (Å²) in [4.78, 5) is 10.5. The average Bonchev–Trinajstić information content (AvgIpc) is 2.26. The summed E-state index contributed by atoms with van der Waals surface area (Å²) in [6.45, 7) is 0. The molecular formula is C9H9N3O4S2. The standard InChI is InChI=1S/C9H9N3O4S2/c10-6-7-5-8(1-2-9(7)12(13)14)17-3-4-18(11,15)16/h1-2,5H,3-4H2,(H2,11,15,16). The third kappa shape index (κ3) is 4.33. The lowest BCUT2D eigenvalue weighted by molar-refractivity contribution is -0.385. The third-order valence-electron chi connectivity index (χ3n) is 1.92. The van der Waals surface area contributed by atoms with E-state index in [4.69, 9.17) is 10.4 Å². The first-order chi connectivity index (χ1) is 8.33. The van der Waals surface area contributed by atoms with E-state index in [0.29, 0.717) is 4.90 Å². The van der Waals surface area contributed by atoms with E-state index in [1.54, 1.807) is 6.07 Å². The second-order valence-electron chi connectivity index (χ2n) is 3.26. The van der Waals surface area contributed by atoms with Crippen LogP contribution in [-0.2, 0) is 10.0 Å². The number of thioether (sulfide) groups is 1. The minimum Gasteiger partial charge on any atom is -0.258 e. The Bertz CT molecular complexity index is 607. The molecule has 0 amide bonds. The van der Waals surface area contributed by atoms with Crippen LogP contribution in [0.15, 0.2) is 23.1 Å². The van der Waals surface area contributed by atoms with Gasteiger partial charge in [0, 0.05) is 16.7 Å². The highest BCUT2D eigenvalue weighted by molar-refractivity contribution is 8.00. The summed E-state index contributed by atoms with van der Waals surface area (Å²) >= 11 is 1.16. The molecule has 0 aliphatic carbocycles. The molecule has 1 aromatic carbocycles. The lowest BCUT2D eigenvalue weighted by Crippen LogP contribution is -2.17. The van der Waals surface area contributed by atoms with Gasteiger partial charge in [-0.3, -0.25) is 10.1 Å². The second kappa shape index (κ2) is 5.81. The fourth-order valence-electron chi connectivity index (χ4n) is 1.13. The Morgan fingerprint density at radius 3 is 2.67 bits per heavy atom. The Morgan fingerprint density at radius 1 is 1.50 bits per heavy atom. The van der Waals surface area contributed by atoms with Gasteiger partial charge in [-0.15, -0.1) is 11.8 Å². The fraction of sp³-hybridized carbons (Fsp3) is 0.222. The summed E-state index contributed by atoms with van der Waals surface area (Å²) in [6.07, 6.45) is 0. The molecule has 2 N–H and O–H groups in total. The van der Waals surface area contributed by atoms with E-state index in [-0.39, 0.29) is 22.8 Å². The number of nitro groups is 1. The van der Waals surface area contributed by atoms with Crippen LogP contribution in [0.1, 0.15) is 5.56 Å². The molecule has 18 heavy (non-hydrogen) atoms. The molecule has 0 spiro atoms. The summed E-state index contributed by atoms with van der Waals surface area (Å²) in [6, 6.07) is 5.76. The maximum atomic E-state index is 10.7. The van der Waals surface area contributed by atoms with Crippen molar-refractivity contribution in [1.29, 1.82) is 5.26 Å². The molecular weight excluding hydrogens is 278 g/mol. The van der Waals surface area contributed by atoms with Crippen LogP contribution < -0.4 is 5.14 Å². The zero-order valence-electron chi connectivity index (χ0n) is 9.07. The number of primary sulfonamides is 1. The molecule has 9 heteroatoms. The van der Waals surface area contributed by atoms with Crippen molar-refractivity contribution >= 4 is 27.5 Å². The van der Waals surface area contributed by atoms with E-state index in [1.807, 2.05) is 0 Å². The minimum atomic E-state index is -3.53. The number of benzene rings is 1. The predicted molar refractivity (Wildman–Crippen MR) is 66.5 cm³/mol. The van der Waals surface area contributed by atoms with Crippen LogP contribution in [0.2, 0.25) is 0 Å². The number of hydrogen-bond donors (Lipinski definition) is 1. The number of nitriles is 1. The molecule has 96 valence electrons. The Hall–Kier alpha value is -1.63. The van der Waals surface area contributed by atoms with Crippen LogP contribution in [0.5, 0.6) is 0 Å². The minimum absolute atomic E-state index is 0.0550. The molecule has 0 aromatic heterocycles. The van der Waals surface area contributed by atoms with Gasteiger partial charge >= 0.3 is 0 Å². The number of hydrogen-bond acceptors (Lipinski definition) is 6. The van der Waals surface area contributed by atoms with Gasteiger partial charge in [-0.1, -0.05) is 0 Å². The first-order valence-corrected chi connectivity index (χ1v) is 7.35. The Labute approximate surface area is 108 Å². The Morgan fingerprint density at radius 2 is 2.17 bits per heavy atom. The van der Waals surface area contributed by atoms with E-state index >= 15 is 0 Å². The molecule has 0 unspecified atom stereocenters. The van der Waals surface area contributed by atoms with Gasteiger partial charge < -0.3 is 0 Å². The summed E-state index contributed by atoms with van der Waals surface area (Å²) in [5.41, 5.74) is -0.325. The van der Waals surface area contributed by atoms with E-state index in [2.05, 4.69) is 0 Å². The predicted octanol–water partition coefficient (Wildman–Crippen LogP) is 0.847. The van der Waals surface area contributed by atoms with Gasteiger partial charge in [0.15, 0.2) is 0 Å². The van der Waals surface area contributed by atoms with Crippen molar-refractivity contribution in [1.82, 2.24) is 0 Å². The zero-order valence-corrected chi connectivity index (χ0v) is 10.7. The van der Waals surface area contributed by atoms with Crippen molar-refractivity contribution in [2.75, 3.05) is 11.5 Å². The highest BCUT2D eigenvalue weighted by Gasteiger charge is 2.14. The van der Waals surface area contributed by atoms with Crippen LogP contribution in [0.25, 0.3) is 0 Å². The van der Waals surface area contributed by atoms with Crippen LogP contribution in [0.3, 0.4) is 0 Å². The SMILES string of the molecule is N#Cc1cc(SCCS(N)(=O)=O)ccc1[N+](=O)[O-]. The van der Waals surface area contributed by atoms with E-state index in [1.165, 1.54) is 18.2 Å². The maximum absolute atomic E-state index is 10.7. The highest BCUT2D eigenvalue weighted by atomic mass is 32.2. The van der Waals surface area contributed by atoms with E-state index in [9.17, 15) is 18.5 Å². The first kappa shape index (κ1) is 14.4. The average molecular weight is 287 g/mol. The molecule has 0 aliphatic heterocycles. The van der Waals surface area contributed by atoms with Gasteiger partial charge in [0.1, 0.15) is 11.6 Å². The van der Waals surface area contributed by atoms with Gasteiger partial charge in [-0.25, -0.2) is 13.6 Å². The Kier molecular flexibility index (Phi) is 4.66. The number of sulfonamides is 1. The lowest BCUT2D eigenvalue weighted by Gasteiger charge is -2.01. The normalized spacial score (nSPS) is 10.9. The van der Waals surface area contributed by atoms with Crippen molar-refractivity contribution in [3.63, 3.8) is 0 Å². The monoisotopic (exact) mass is 287 g/mol. The van der Waals surface area contributed by atoms with Gasteiger partial charge in [-0.05, 0) is 12.1 Å². The molecule has 0 aliphatic rings. The number of nitro benzene ring substituents is 1. The molecule has 0 radical (unpaired) electrons. The van der Waals surface area contributed by atoms with Crippen LogP contribution in [0.4, 0.5) is 5.69 Å². The van der Waals surface area contributed by atoms with Gasteiger partial charge in [0.25, 0.3) is 5.69 Å². The lowest BCUT2D eigenvalue weighted by atomic mass is 10.2.